The Hall–Kier alpha value is -3.09. The molecule has 0 aliphatic heterocycles. The van der Waals surface area contributed by atoms with E-state index in [0.717, 1.165) is 12.0 Å². The normalized spacial score (nSPS) is 12.5. The van der Waals surface area contributed by atoms with E-state index < -0.39 is 17.8 Å². The lowest BCUT2D eigenvalue weighted by Crippen LogP contribution is -2.53. The molecule has 1 N–H and O–H groups in total. The van der Waals surface area contributed by atoms with Crippen molar-refractivity contribution in [1.82, 2.24) is 10.2 Å². The van der Waals surface area contributed by atoms with Crippen molar-refractivity contribution in [2.24, 2.45) is 0 Å². The summed E-state index contributed by atoms with van der Waals surface area (Å²) in [4.78, 5) is 28.5. The van der Waals surface area contributed by atoms with E-state index in [-0.39, 0.29) is 25.1 Å². The molecule has 3 rings (SSSR count). The second kappa shape index (κ2) is 13.3. The van der Waals surface area contributed by atoms with E-state index in [9.17, 15) is 14.0 Å². The molecular formula is C28H29Cl2FN2O3. The molecule has 0 saturated heterocycles. The van der Waals surface area contributed by atoms with Crippen molar-refractivity contribution in [2.45, 2.75) is 45.3 Å². The predicted molar refractivity (Wildman–Crippen MR) is 141 cm³/mol. The van der Waals surface area contributed by atoms with Crippen LogP contribution in [0.5, 0.6) is 5.75 Å². The van der Waals surface area contributed by atoms with Gasteiger partial charge in [-0.25, -0.2) is 4.39 Å². The zero-order chi connectivity index (χ0) is 26.1. The van der Waals surface area contributed by atoms with Gasteiger partial charge in [-0.1, -0.05) is 66.5 Å². The van der Waals surface area contributed by atoms with E-state index in [2.05, 4.69) is 5.32 Å². The van der Waals surface area contributed by atoms with Crippen LogP contribution in [0.25, 0.3) is 0 Å². The molecule has 0 fully saturated rings. The first-order valence-electron chi connectivity index (χ1n) is 11.7. The maximum atomic E-state index is 13.5. The first kappa shape index (κ1) is 27.5. The third-order valence-corrected chi connectivity index (χ3v) is 6.39. The lowest BCUT2D eigenvalue weighted by atomic mass is 10.0. The van der Waals surface area contributed by atoms with Crippen molar-refractivity contribution in [3.05, 3.63) is 99.8 Å². The number of rotatable bonds is 11. The maximum absolute atomic E-state index is 13.5. The van der Waals surface area contributed by atoms with Crippen molar-refractivity contribution >= 4 is 35.0 Å². The van der Waals surface area contributed by atoms with Gasteiger partial charge in [-0.15, -0.1) is 0 Å². The minimum Gasteiger partial charge on any atom is -0.484 e. The molecule has 0 aliphatic carbocycles. The Kier molecular flexibility index (Phi) is 10.1. The molecule has 8 heteroatoms. The maximum Gasteiger partial charge on any atom is 0.261 e. The zero-order valence-electron chi connectivity index (χ0n) is 20.2. The quantitative estimate of drug-likeness (QED) is 0.327. The number of carbonyl (C=O) groups is 2. The van der Waals surface area contributed by atoms with Crippen LogP contribution in [0.4, 0.5) is 4.39 Å². The van der Waals surface area contributed by atoms with Gasteiger partial charge in [-0.2, -0.15) is 0 Å². The summed E-state index contributed by atoms with van der Waals surface area (Å²) in [6, 6.07) is 19.0. The molecule has 2 amide bonds. The smallest absolute Gasteiger partial charge is 0.261 e. The van der Waals surface area contributed by atoms with Crippen LogP contribution in [0.15, 0.2) is 72.8 Å². The van der Waals surface area contributed by atoms with Gasteiger partial charge in [0.05, 0.1) is 0 Å². The molecule has 5 nitrogen and oxygen atoms in total. The highest BCUT2D eigenvalue weighted by Crippen LogP contribution is 2.24. The number of amides is 2. The van der Waals surface area contributed by atoms with Crippen LogP contribution >= 0.6 is 23.2 Å². The number of hydrogen-bond donors (Lipinski definition) is 1. The standard InChI is InChI=1S/C28H29Cl2FN2O3/c1-3-19(2)32-28(35)26(15-20-7-5-4-6-8-20)33(17-21-9-10-22(29)16-25(21)30)27(34)18-36-24-13-11-23(31)12-14-24/h4-14,16,19,26H,3,15,17-18H2,1-2H3,(H,32,35). The summed E-state index contributed by atoms with van der Waals surface area (Å²) in [7, 11) is 0. The number of carbonyl (C=O) groups excluding carboxylic acids is 2. The van der Waals surface area contributed by atoms with Gasteiger partial charge in [0.2, 0.25) is 5.91 Å². The van der Waals surface area contributed by atoms with Crippen molar-refractivity contribution in [3.63, 3.8) is 0 Å². The highest BCUT2D eigenvalue weighted by atomic mass is 35.5. The molecule has 0 aromatic heterocycles. The molecule has 2 atom stereocenters. The number of nitrogens with one attached hydrogen (secondary N) is 1. The molecule has 0 aliphatic rings. The molecule has 0 saturated carbocycles. The molecule has 36 heavy (non-hydrogen) atoms. The minimum atomic E-state index is -0.822. The summed E-state index contributed by atoms with van der Waals surface area (Å²) in [6.07, 6.45) is 1.05. The van der Waals surface area contributed by atoms with Gasteiger partial charge in [-0.3, -0.25) is 9.59 Å². The van der Waals surface area contributed by atoms with Crippen molar-refractivity contribution in [2.75, 3.05) is 6.61 Å². The Morgan fingerprint density at radius 2 is 1.72 bits per heavy atom. The van der Waals surface area contributed by atoms with Crippen LogP contribution in [0.2, 0.25) is 10.0 Å². The van der Waals surface area contributed by atoms with Crippen LogP contribution in [-0.4, -0.2) is 35.4 Å². The van der Waals surface area contributed by atoms with Gasteiger partial charge >= 0.3 is 0 Å². The van der Waals surface area contributed by atoms with Crippen LogP contribution in [0, 0.1) is 5.82 Å². The number of hydrogen-bond acceptors (Lipinski definition) is 3. The fraction of sp³-hybridized carbons (Fsp3) is 0.286. The van der Waals surface area contributed by atoms with Crippen molar-refractivity contribution in [1.29, 1.82) is 0 Å². The van der Waals surface area contributed by atoms with Gasteiger partial charge < -0.3 is 15.0 Å². The zero-order valence-corrected chi connectivity index (χ0v) is 21.7. The molecule has 3 aromatic carbocycles. The van der Waals surface area contributed by atoms with Gasteiger partial charge in [0.25, 0.3) is 5.91 Å². The molecule has 0 radical (unpaired) electrons. The summed E-state index contributed by atoms with van der Waals surface area (Å²) in [5.41, 5.74) is 1.55. The first-order chi connectivity index (χ1) is 17.3. The second-order valence-corrected chi connectivity index (χ2v) is 9.37. The second-order valence-electron chi connectivity index (χ2n) is 8.52. The summed E-state index contributed by atoms with van der Waals surface area (Å²) < 4.78 is 18.9. The van der Waals surface area contributed by atoms with Crippen LogP contribution in [0.3, 0.4) is 0 Å². The lowest BCUT2D eigenvalue weighted by Gasteiger charge is -2.32. The highest BCUT2D eigenvalue weighted by Gasteiger charge is 2.31. The molecule has 0 heterocycles. The average molecular weight is 531 g/mol. The van der Waals surface area contributed by atoms with E-state index in [1.165, 1.54) is 29.2 Å². The Morgan fingerprint density at radius 1 is 1.03 bits per heavy atom. The predicted octanol–water partition coefficient (Wildman–Crippen LogP) is 6.07. The van der Waals surface area contributed by atoms with Gasteiger partial charge in [0.1, 0.15) is 17.6 Å². The van der Waals surface area contributed by atoms with E-state index >= 15 is 0 Å². The fourth-order valence-corrected chi connectivity index (χ4v) is 4.06. The monoisotopic (exact) mass is 530 g/mol. The van der Waals surface area contributed by atoms with Crippen molar-refractivity contribution < 1.29 is 18.7 Å². The Bertz CT molecular complexity index is 1160. The molecule has 0 spiro atoms. The van der Waals surface area contributed by atoms with E-state index in [1.54, 1.807) is 18.2 Å². The van der Waals surface area contributed by atoms with Crippen LogP contribution in [0.1, 0.15) is 31.4 Å². The molecule has 0 bridgehead atoms. The van der Waals surface area contributed by atoms with Gasteiger partial charge in [0, 0.05) is 29.1 Å². The van der Waals surface area contributed by atoms with E-state index in [1.807, 2.05) is 44.2 Å². The van der Waals surface area contributed by atoms with E-state index in [4.69, 9.17) is 27.9 Å². The topological polar surface area (TPSA) is 58.6 Å². The molecule has 2 unspecified atom stereocenters. The first-order valence-corrected chi connectivity index (χ1v) is 12.5. The number of ether oxygens (including phenoxy) is 1. The number of nitrogens with zero attached hydrogens (tertiary/aromatic N) is 1. The third kappa shape index (κ3) is 7.97. The number of halogens is 3. The third-order valence-electron chi connectivity index (χ3n) is 5.80. The van der Waals surface area contributed by atoms with Crippen LogP contribution in [-0.2, 0) is 22.6 Å². The Labute approximate surface area is 221 Å². The molecule has 190 valence electrons. The minimum absolute atomic E-state index is 0.0673. The fourth-order valence-electron chi connectivity index (χ4n) is 3.59. The largest absolute Gasteiger partial charge is 0.484 e. The Morgan fingerprint density at radius 3 is 2.36 bits per heavy atom. The lowest BCUT2D eigenvalue weighted by molar-refractivity contribution is -0.143. The SMILES string of the molecule is CCC(C)NC(=O)C(Cc1ccccc1)N(Cc1ccc(Cl)cc1Cl)C(=O)COc1ccc(F)cc1. The van der Waals surface area contributed by atoms with Gasteiger partial charge in [-0.05, 0) is 60.9 Å². The molecule has 3 aromatic rings. The summed E-state index contributed by atoms with van der Waals surface area (Å²) in [5.74, 6) is -0.741. The summed E-state index contributed by atoms with van der Waals surface area (Å²) in [6.45, 7) is 3.63. The average Bonchev–Trinajstić information content (AvgIpc) is 2.87. The van der Waals surface area contributed by atoms with E-state index in [0.29, 0.717) is 27.8 Å². The highest BCUT2D eigenvalue weighted by molar-refractivity contribution is 6.35. The number of benzene rings is 3. The molecular weight excluding hydrogens is 502 g/mol. The summed E-state index contributed by atoms with van der Waals surface area (Å²) in [5, 5.41) is 3.86. The summed E-state index contributed by atoms with van der Waals surface area (Å²) >= 11 is 12.5. The van der Waals surface area contributed by atoms with Gasteiger partial charge in [0.15, 0.2) is 6.61 Å². The van der Waals surface area contributed by atoms with Crippen LogP contribution < -0.4 is 10.1 Å². The Balaban J connectivity index is 1.93. The van der Waals surface area contributed by atoms with Crippen molar-refractivity contribution in [3.8, 4) is 5.75 Å².